The summed E-state index contributed by atoms with van der Waals surface area (Å²) in [5.74, 6) is 0.919. The standard InChI is InChI=1S/C13H16N2O2/c1-8(7-14)5-12(16)10-3-4-13-11(6-10)15-9(2)17-13/h3-4,6,8H,5,7,14H2,1-2H3. The molecule has 2 aromatic rings. The molecule has 1 aromatic carbocycles. The number of Topliss-reactive ketones (excluding diaryl/α,β-unsaturated/α-hetero) is 1. The molecule has 4 nitrogen and oxygen atoms in total. The van der Waals surface area contributed by atoms with E-state index >= 15 is 0 Å². The number of carbonyl (C=O) groups is 1. The summed E-state index contributed by atoms with van der Waals surface area (Å²) in [6.45, 7) is 4.28. The van der Waals surface area contributed by atoms with Crippen molar-refractivity contribution in [2.24, 2.45) is 11.7 Å². The molecule has 0 aliphatic carbocycles. The van der Waals surface area contributed by atoms with Gasteiger partial charge in [-0.25, -0.2) is 4.98 Å². The molecular formula is C13H16N2O2. The molecule has 0 saturated carbocycles. The number of oxazole rings is 1. The average Bonchev–Trinajstić information content (AvgIpc) is 2.67. The molecule has 0 spiro atoms. The van der Waals surface area contributed by atoms with Crippen LogP contribution >= 0.6 is 0 Å². The van der Waals surface area contributed by atoms with Crippen LogP contribution < -0.4 is 5.73 Å². The first kappa shape index (κ1) is 11.8. The zero-order valence-electron chi connectivity index (χ0n) is 10.1. The predicted molar refractivity (Wildman–Crippen MR) is 65.9 cm³/mol. The highest BCUT2D eigenvalue weighted by atomic mass is 16.3. The highest BCUT2D eigenvalue weighted by molar-refractivity contribution is 5.98. The summed E-state index contributed by atoms with van der Waals surface area (Å²) < 4.78 is 5.36. The van der Waals surface area contributed by atoms with Gasteiger partial charge in [0.1, 0.15) is 5.52 Å². The van der Waals surface area contributed by atoms with E-state index in [-0.39, 0.29) is 11.7 Å². The van der Waals surface area contributed by atoms with Crippen LogP contribution in [0.3, 0.4) is 0 Å². The lowest BCUT2D eigenvalue weighted by Gasteiger charge is -2.06. The lowest BCUT2D eigenvalue weighted by molar-refractivity contribution is 0.0966. The van der Waals surface area contributed by atoms with Gasteiger partial charge in [0.15, 0.2) is 17.3 Å². The Balaban J connectivity index is 2.26. The fourth-order valence-electron chi connectivity index (χ4n) is 1.73. The number of aromatic nitrogens is 1. The Morgan fingerprint density at radius 2 is 2.29 bits per heavy atom. The minimum atomic E-state index is 0.102. The van der Waals surface area contributed by atoms with Gasteiger partial charge in [-0.1, -0.05) is 6.92 Å². The summed E-state index contributed by atoms with van der Waals surface area (Å²) >= 11 is 0. The van der Waals surface area contributed by atoms with E-state index in [9.17, 15) is 4.79 Å². The molecule has 0 radical (unpaired) electrons. The highest BCUT2D eigenvalue weighted by Crippen LogP contribution is 2.18. The number of carbonyl (C=O) groups excluding carboxylic acids is 1. The van der Waals surface area contributed by atoms with Gasteiger partial charge in [-0.05, 0) is 30.7 Å². The van der Waals surface area contributed by atoms with E-state index in [4.69, 9.17) is 10.2 Å². The van der Waals surface area contributed by atoms with Gasteiger partial charge < -0.3 is 10.2 Å². The molecule has 90 valence electrons. The van der Waals surface area contributed by atoms with Crippen molar-refractivity contribution < 1.29 is 9.21 Å². The third-order valence-electron chi connectivity index (χ3n) is 2.75. The minimum Gasteiger partial charge on any atom is -0.441 e. The fourth-order valence-corrected chi connectivity index (χ4v) is 1.73. The number of aryl methyl sites for hydroxylation is 1. The van der Waals surface area contributed by atoms with Crippen molar-refractivity contribution in [1.82, 2.24) is 4.98 Å². The zero-order chi connectivity index (χ0) is 12.4. The van der Waals surface area contributed by atoms with Crippen molar-refractivity contribution in [1.29, 1.82) is 0 Å². The van der Waals surface area contributed by atoms with Crippen LogP contribution in [0.4, 0.5) is 0 Å². The average molecular weight is 232 g/mol. The van der Waals surface area contributed by atoms with E-state index in [2.05, 4.69) is 4.98 Å². The van der Waals surface area contributed by atoms with Crippen molar-refractivity contribution in [3.63, 3.8) is 0 Å². The molecule has 0 fully saturated rings. The molecule has 4 heteroatoms. The third-order valence-corrected chi connectivity index (χ3v) is 2.75. The molecule has 2 N–H and O–H groups in total. The normalized spacial score (nSPS) is 12.9. The predicted octanol–water partition coefficient (Wildman–Crippen LogP) is 2.30. The SMILES string of the molecule is Cc1nc2cc(C(=O)CC(C)CN)ccc2o1. The van der Waals surface area contributed by atoms with Crippen LogP contribution in [0.25, 0.3) is 11.1 Å². The van der Waals surface area contributed by atoms with Crippen molar-refractivity contribution in [2.75, 3.05) is 6.54 Å². The lowest BCUT2D eigenvalue weighted by atomic mass is 10.00. The van der Waals surface area contributed by atoms with Gasteiger partial charge in [-0.15, -0.1) is 0 Å². The van der Waals surface area contributed by atoms with E-state index in [1.807, 2.05) is 6.92 Å². The largest absolute Gasteiger partial charge is 0.441 e. The molecule has 1 heterocycles. The van der Waals surface area contributed by atoms with E-state index in [0.717, 1.165) is 5.52 Å². The van der Waals surface area contributed by atoms with Crippen molar-refractivity contribution >= 4 is 16.9 Å². The van der Waals surface area contributed by atoms with Crippen molar-refractivity contribution in [2.45, 2.75) is 20.3 Å². The molecule has 0 saturated heterocycles. The summed E-state index contributed by atoms with van der Waals surface area (Å²) in [6.07, 6.45) is 0.471. The molecule has 17 heavy (non-hydrogen) atoms. The number of nitrogens with zero attached hydrogens (tertiary/aromatic N) is 1. The number of rotatable bonds is 4. The fraction of sp³-hybridized carbons (Fsp3) is 0.385. The van der Waals surface area contributed by atoms with E-state index in [1.54, 1.807) is 25.1 Å². The first-order valence-corrected chi connectivity index (χ1v) is 5.70. The minimum absolute atomic E-state index is 0.102. The molecule has 2 rings (SSSR count). The van der Waals surface area contributed by atoms with E-state index < -0.39 is 0 Å². The molecule has 0 bridgehead atoms. The van der Waals surface area contributed by atoms with Crippen LogP contribution in [0.1, 0.15) is 29.6 Å². The van der Waals surface area contributed by atoms with Crippen LogP contribution in [-0.2, 0) is 0 Å². The second-order valence-corrected chi connectivity index (χ2v) is 4.38. The molecule has 0 aliphatic rings. The number of benzene rings is 1. The van der Waals surface area contributed by atoms with Gasteiger partial charge in [0.2, 0.25) is 0 Å². The van der Waals surface area contributed by atoms with E-state index in [1.165, 1.54) is 0 Å². The summed E-state index contributed by atoms with van der Waals surface area (Å²) in [6, 6.07) is 5.34. The first-order chi connectivity index (χ1) is 8.10. The van der Waals surface area contributed by atoms with Gasteiger partial charge in [-0.2, -0.15) is 0 Å². The van der Waals surface area contributed by atoms with Gasteiger partial charge in [0.05, 0.1) is 0 Å². The zero-order valence-corrected chi connectivity index (χ0v) is 10.1. The lowest BCUT2D eigenvalue weighted by Crippen LogP contribution is -2.15. The topological polar surface area (TPSA) is 69.1 Å². The number of hydrogen-bond donors (Lipinski definition) is 1. The Labute approximate surface area is 99.8 Å². The maximum Gasteiger partial charge on any atom is 0.192 e. The molecule has 1 atom stereocenters. The Morgan fingerprint density at radius 1 is 1.53 bits per heavy atom. The van der Waals surface area contributed by atoms with Crippen LogP contribution in [-0.4, -0.2) is 17.3 Å². The smallest absolute Gasteiger partial charge is 0.192 e. The number of hydrogen-bond acceptors (Lipinski definition) is 4. The maximum absolute atomic E-state index is 12.0. The van der Waals surface area contributed by atoms with Crippen LogP contribution in [0, 0.1) is 12.8 Å². The molecular weight excluding hydrogens is 216 g/mol. The quantitative estimate of drug-likeness (QED) is 0.821. The Hall–Kier alpha value is -1.68. The van der Waals surface area contributed by atoms with Crippen LogP contribution in [0.15, 0.2) is 22.6 Å². The second kappa shape index (κ2) is 4.67. The van der Waals surface area contributed by atoms with Crippen LogP contribution in [0.2, 0.25) is 0 Å². The number of ketones is 1. The number of nitrogens with two attached hydrogens (primary N) is 1. The Morgan fingerprint density at radius 3 is 3.00 bits per heavy atom. The summed E-state index contributed by atoms with van der Waals surface area (Å²) in [5.41, 5.74) is 7.63. The van der Waals surface area contributed by atoms with Gasteiger partial charge in [0.25, 0.3) is 0 Å². The third kappa shape index (κ3) is 2.53. The summed E-state index contributed by atoms with van der Waals surface area (Å²) in [5, 5.41) is 0. The number of fused-ring (bicyclic) bond motifs is 1. The first-order valence-electron chi connectivity index (χ1n) is 5.70. The van der Waals surface area contributed by atoms with Gasteiger partial charge >= 0.3 is 0 Å². The van der Waals surface area contributed by atoms with Gasteiger partial charge in [-0.3, -0.25) is 4.79 Å². The highest BCUT2D eigenvalue weighted by Gasteiger charge is 2.12. The monoisotopic (exact) mass is 232 g/mol. The second-order valence-electron chi connectivity index (χ2n) is 4.38. The molecule has 0 aliphatic heterocycles. The van der Waals surface area contributed by atoms with Gasteiger partial charge in [0, 0.05) is 18.9 Å². The molecule has 0 amide bonds. The summed E-state index contributed by atoms with van der Waals surface area (Å²) in [7, 11) is 0. The molecule has 1 unspecified atom stereocenters. The van der Waals surface area contributed by atoms with Crippen molar-refractivity contribution in [3.8, 4) is 0 Å². The maximum atomic E-state index is 12.0. The van der Waals surface area contributed by atoms with E-state index in [0.29, 0.717) is 30.0 Å². The van der Waals surface area contributed by atoms with Crippen molar-refractivity contribution in [3.05, 3.63) is 29.7 Å². The Bertz CT molecular complexity index is 545. The Kier molecular flexibility index (Phi) is 3.24. The van der Waals surface area contributed by atoms with Crippen LogP contribution in [0.5, 0.6) is 0 Å². The summed E-state index contributed by atoms with van der Waals surface area (Å²) in [4.78, 5) is 16.2. The molecule has 1 aromatic heterocycles.